The Morgan fingerprint density at radius 2 is 1.78 bits per heavy atom. The van der Waals surface area contributed by atoms with Crippen molar-refractivity contribution in [3.8, 4) is 0 Å². The molecule has 0 aliphatic rings. The molecule has 2 aromatic rings. The van der Waals surface area contributed by atoms with Crippen LogP contribution in [0.25, 0.3) is 0 Å². The quantitative estimate of drug-likeness (QED) is 0.843. The lowest BCUT2D eigenvalue weighted by atomic mass is 9.97. The highest BCUT2D eigenvalue weighted by atomic mass is 16.3. The van der Waals surface area contributed by atoms with E-state index in [0.29, 0.717) is 23.6 Å². The van der Waals surface area contributed by atoms with Crippen LogP contribution >= 0.6 is 0 Å². The molecule has 2 N–H and O–H groups in total. The molecule has 0 spiro atoms. The van der Waals surface area contributed by atoms with Crippen molar-refractivity contribution in [1.82, 2.24) is 0 Å². The number of rotatable bonds is 3. The molecule has 0 fully saturated rings. The summed E-state index contributed by atoms with van der Waals surface area (Å²) in [6.07, 6.45) is 0. The van der Waals surface area contributed by atoms with Crippen LogP contribution in [0.5, 0.6) is 0 Å². The van der Waals surface area contributed by atoms with Gasteiger partial charge in [0, 0.05) is 5.56 Å². The number of aryl methyl sites for hydroxylation is 3. The minimum Gasteiger partial charge on any atom is -0.456 e. The van der Waals surface area contributed by atoms with Gasteiger partial charge in [-0.3, -0.25) is 4.79 Å². The summed E-state index contributed by atoms with van der Waals surface area (Å²) in [5.74, 6) is 0.886. The number of carbonyl (C=O) groups is 1. The maximum absolute atomic E-state index is 12.3. The molecular weight excluding hydrogens is 226 g/mol. The highest BCUT2D eigenvalue weighted by molar-refractivity contribution is 6.08. The summed E-state index contributed by atoms with van der Waals surface area (Å²) < 4.78 is 5.40. The maximum atomic E-state index is 12.3. The van der Waals surface area contributed by atoms with Crippen molar-refractivity contribution in [3.63, 3.8) is 0 Å². The Labute approximate surface area is 107 Å². The standard InChI is InChI=1S/C15H17NO2/c1-9-6-11(3)13(7-10(9)2)15(17)14-5-4-12(8-16)18-14/h4-7H,8,16H2,1-3H3. The number of furan rings is 1. The fourth-order valence-electron chi connectivity index (χ4n) is 1.95. The second kappa shape index (κ2) is 4.78. The van der Waals surface area contributed by atoms with Crippen LogP contribution in [0.15, 0.2) is 28.7 Å². The van der Waals surface area contributed by atoms with Gasteiger partial charge in [0.15, 0.2) is 5.76 Å². The molecule has 0 atom stereocenters. The third-order valence-electron chi connectivity index (χ3n) is 3.17. The van der Waals surface area contributed by atoms with Crippen LogP contribution < -0.4 is 5.73 Å². The average molecular weight is 243 g/mol. The summed E-state index contributed by atoms with van der Waals surface area (Å²) in [5.41, 5.74) is 9.42. The van der Waals surface area contributed by atoms with Crippen LogP contribution in [-0.4, -0.2) is 5.78 Å². The smallest absolute Gasteiger partial charge is 0.228 e. The molecular formula is C15H17NO2. The lowest BCUT2D eigenvalue weighted by Crippen LogP contribution is -2.04. The summed E-state index contributed by atoms with van der Waals surface area (Å²) in [6, 6.07) is 7.36. The number of benzene rings is 1. The lowest BCUT2D eigenvalue weighted by molar-refractivity contribution is 0.101. The highest BCUT2D eigenvalue weighted by Crippen LogP contribution is 2.20. The summed E-state index contributed by atoms with van der Waals surface area (Å²) in [4.78, 5) is 12.3. The molecule has 1 aromatic carbocycles. The van der Waals surface area contributed by atoms with Crippen molar-refractivity contribution >= 4 is 5.78 Å². The zero-order valence-electron chi connectivity index (χ0n) is 10.9. The summed E-state index contributed by atoms with van der Waals surface area (Å²) >= 11 is 0. The number of hydrogen-bond acceptors (Lipinski definition) is 3. The van der Waals surface area contributed by atoms with E-state index in [1.54, 1.807) is 12.1 Å². The Bertz CT molecular complexity index is 597. The second-order valence-corrected chi connectivity index (χ2v) is 4.55. The van der Waals surface area contributed by atoms with Crippen LogP contribution in [0.1, 0.15) is 38.6 Å². The predicted octanol–water partition coefficient (Wildman–Crippen LogP) is 2.89. The Morgan fingerprint density at radius 3 is 2.39 bits per heavy atom. The van der Waals surface area contributed by atoms with Gasteiger partial charge in [0.2, 0.25) is 5.78 Å². The number of hydrogen-bond donors (Lipinski definition) is 1. The lowest BCUT2D eigenvalue weighted by Gasteiger charge is -2.07. The number of ketones is 1. The molecule has 2 rings (SSSR count). The Kier molecular flexibility index (Phi) is 3.34. The van der Waals surface area contributed by atoms with Gasteiger partial charge in [0.25, 0.3) is 0 Å². The van der Waals surface area contributed by atoms with Crippen molar-refractivity contribution < 1.29 is 9.21 Å². The molecule has 0 bridgehead atoms. The Balaban J connectivity index is 2.42. The monoisotopic (exact) mass is 243 g/mol. The maximum Gasteiger partial charge on any atom is 0.228 e. The van der Waals surface area contributed by atoms with Crippen LogP contribution in [0, 0.1) is 20.8 Å². The zero-order chi connectivity index (χ0) is 13.3. The van der Waals surface area contributed by atoms with Crippen molar-refractivity contribution in [2.75, 3.05) is 0 Å². The molecule has 18 heavy (non-hydrogen) atoms. The Hall–Kier alpha value is -1.87. The molecule has 3 heteroatoms. The predicted molar refractivity (Wildman–Crippen MR) is 70.7 cm³/mol. The zero-order valence-corrected chi connectivity index (χ0v) is 10.9. The third-order valence-corrected chi connectivity index (χ3v) is 3.17. The van der Waals surface area contributed by atoms with Gasteiger partial charge in [-0.05, 0) is 55.7 Å². The van der Waals surface area contributed by atoms with E-state index in [-0.39, 0.29) is 5.78 Å². The van der Waals surface area contributed by atoms with E-state index in [1.807, 2.05) is 32.9 Å². The summed E-state index contributed by atoms with van der Waals surface area (Å²) in [6.45, 7) is 6.28. The SMILES string of the molecule is Cc1cc(C)c(C(=O)c2ccc(CN)o2)cc1C. The highest BCUT2D eigenvalue weighted by Gasteiger charge is 2.16. The molecule has 94 valence electrons. The minimum absolute atomic E-state index is 0.0877. The van der Waals surface area contributed by atoms with E-state index in [4.69, 9.17) is 10.2 Å². The first-order valence-electron chi connectivity index (χ1n) is 5.94. The Morgan fingerprint density at radius 1 is 1.11 bits per heavy atom. The molecule has 3 nitrogen and oxygen atoms in total. The third kappa shape index (κ3) is 2.22. The first-order chi connectivity index (χ1) is 8.52. The molecule has 0 saturated heterocycles. The number of nitrogens with two attached hydrogens (primary N) is 1. The molecule has 0 aliphatic heterocycles. The van der Waals surface area contributed by atoms with Crippen LogP contribution in [0.4, 0.5) is 0 Å². The van der Waals surface area contributed by atoms with Crippen molar-refractivity contribution in [2.45, 2.75) is 27.3 Å². The molecule has 0 saturated carbocycles. The van der Waals surface area contributed by atoms with E-state index in [1.165, 1.54) is 5.56 Å². The molecule has 1 heterocycles. The average Bonchev–Trinajstić information content (AvgIpc) is 2.81. The molecule has 0 amide bonds. The van der Waals surface area contributed by atoms with E-state index in [0.717, 1.165) is 11.1 Å². The minimum atomic E-state index is -0.0877. The van der Waals surface area contributed by atoms with Crippen LogP contribution in [-0.2, 0) is 6.54 Å². The van der Waals surface area contributed by atoms with Crippen LogP contribution in [0.2, 0.25) is 0 Å². The van der Waals surface area contributed by atoms with E-state index in [9.17, 15) is 4.79 Å². The van der Waals surface area contributed by atoms with Crippen LogP contribution in [0.3, 0.4) is 0 Å². The van der Waals surface area contributed by atoms with E-state index >= 15 is 0 Å². The van der Waals surface area contributed by atoms with Gasteiger partial charge in [-0.25, -0.2) is 0 Å². The first kappa shape index (κ1) is 12.6. The van der Waals surface area contributed by atoms with Gasteiger partial charge in [-0.1, -0.05) is 6.07 Å². The molecule has 0 aliphatic carbocycles. The number of carbonyl (C=O) groups excluding carboxylic acids is 1. The summed E-state index contributed by atoms with van der Waals surface area (Å²) in [7, 11) is 0. The second-order valence-electron chi connectivity index (χ2n) is 4.55. The van der Waals surface area contributed by atoms with Crippen molar-refractivity contribution in [1.29, 1.82) is 0 Å². The van der Waals surface area contributed by atoms with Crippen molar-refractivity contribution in [3.05, 3.63) is 58.0 Å². The van der Waals surface area contributed by atoms with Gasteiger partial charge in [0.1, 0.15) is 5.76 Å². The topological polar surface area (TPSA) is 56.2 Å². The van der Waals surface area contributed by atoms with Gasteiger partial charge >= 0.3 is 0 Å². The molecule has 1 aromatic heterocycles. The van der Waals surface area contributed by atoms with E-state index < -0.39 is 0 Å². The first-order valence-corrected chi connectivity index (χ1v) is 5.94. The fraction of sp³-hybridized carbons (Fsp3) is 0.267. The van der Waals surface area contributed by atoms with Gasteiger partial charge in [-0.15, -0.1) is 0 Å². The normalized spacial score (nSPS) is 10.7. The molecule has 0 unspecified atom stereocenters. The van der Waals surface area contributed by atoms with E-state index in [2.05, 4.69) is 0 Å². The van der Waals surface area contributed by atoms with Gasteiger partial charge in [0.05, 0.1) is 6.54 Å². The largest absolute Gasteiger partial charge is 0.456 e. The van der Waals surface area contributed by atoms with Gasteiger partial charge < -0.3 is 10.2 Å². The fourth-order valence-corrected chi connectivity index (χ4v) is 1.95. The van der Waals surface area contributed by atoms with Gasteiger partial charge in [-0.2, -0.15) is 0 Å². The van der Waals surface area contributed by atoms with Crippen molar-refractivity contribution in [2.24, 2.45) is 5.73 Å². The molecule has 0 radical (unpaired) electrons. The summed E-state index contributed by atoms with van der Waals surface area (Å²) in [5, 5.41) is 0.